The molecule has 0 radical (unpaired) electrons. The molecule has 2 aromatic carbocycles. The minimum atomic E-state index is -0.206. The first-order chi connectivity index (χ1) is 9.54. The number of ether oxygens (including phenoxy) is 2. The Morgan fingerprint density at radius 1 is 0.950 bits per heavy atom. The van der Waals surface area contributed by atoms with Crippen LogP contribution in [-0.4, -0.2) is 6.29 Å². The van der Waals surface area contributed by atoms with Gasteiger partial charge in [-0.2, -0.15) is 0 Å². The lowest BCUT2D eigenvalue weighted by molar-refractivity contribution is 0.0249. The van der Waals surface area contributed by atoms with Crippen molar-refractivity contribution in [3.05, 3.63) is 59.7 Å². The first-order valence-corrected chi connectivity index (χ1v) is 7.04. The topological polar surface area (TPSA) is 18.5 Å². The molecule has 1 heterocycles. The second-order valence-corrected chi connectivity index (χ2v) is 6.07. The first kappa shape index (κ1) is 13.0. The fourth-order valence-electron chi connectivity index (χ4n) is 2.62. The Kier molecular flexibility index (Phi) is 3.17. The zero-order valence-corrected chi connectivity index (χ0v) is 12.2. The summed E-state index contributed by atoms with van der Waals surface area (Å²) in [6.45, 7) is 6.51. The molecule has 1 aliphatic heterocycles. The molecule has 1 atom stereocenters. The van der Waals surface area contributed by atoms with Gasteiger partial charge in [0.05, 0.1) is 0 Å². The first-order valence-electron chi connectivity index (χ1n) is 7.04. The SMILES string of the molecule is Cc1ccc2c(c1)OC(CC(C)(C)c1ccccc1)O2. The van der Waals surface area contributed by atoms with Crippen molar-refractivity contribution in [1.82, 2.24) is 0 Å². The largest absolute Gasteiger partial charge is 0.451 e. The van der Waals surface area contributed by atoms with Gasteiger partial charge in [0.25, 0.3) is 0 Å². The van der Waals surface area contributed by atoms with Crippen LogP contribution in [0.1, 0.15) is 31.4 Å². The molecule has 0 amide bonds. The van der Waals surface area contributed by atoms with Crippen molar-refractivity contribution in [1.29, 1.82) is 0 Å². The van der Waals surface area contributed by atoms with E-state index in [-0.39, 0.29) is 11.7 Å². The van der Waals surface area contributed by atoms with Gasteiger partial charge in [0, 0.05) is 6.42 Å². The standard InChI is InChI=1S/C18H20O2/c1-13-9-10-15-16(11-13)20-17(19-15)12-18(2,3)14-7-5-4-6-8-14/h4-11,17H,12H2,1-3H3. The summed E-state index contributed by atoms with van der Waals surface area (Å²) in [4.78, 5) is 0. The predicted octanol–water partition coefficient (Wildman–Crippen LogP) is 4.46. The summed E-state index contributed by atoms with van der Waals surface area (Å²) in [6, 6.07) is 16.6. The van der Waals surface area contributed by atoms with Crippen LogP contribution in [0, 0.1) is 6.92 Å². The third-order valence-electron chi connectivity index (χ3n) is 3.85. The van der Waals surface area contributed by atoms with Crippen molar-refractivity contribution >= 4 is 0 Å². The van der Waals surface area contributed by atoms with Crippen LogP contribution in [0.4, 0.5) is 0 Å². The van der Waals surface area contributed by atoms with Gasteiger partial charge in [0.15, 0.2) is 11.5 Å². The summed E-state index contributed by atoms with van der Waals surface area (Å²) < 4.78 is 11.8. The average Bonchev–Trinajstić information content (AvgIpc) is 2.80. The van der Waals surface area contributed by atoms with Crippen LogP contribution in [-0.2, 0) is 5.41 Å². The Bertz CT molecular complexity index is 602. The highest BCUT2D eigenvalue weighted by atomic mass is 16.7. The highest BCUT2D eigenvalue weighted by molar-refractivity contribution is 5.44. The van der Waals surface area contributed by atoms with E-state index in [2.05, 4.69) is 45.0 Å². The Morgan fingerprint density at radius 3 is 2.40 bits per heavy atom. The van der Waals surface area contributed by atoms with Crippen molar-refractivity contribution in [3.63, 3.8) is 0 Å². The number of hydrogen-bond acceptors (Lipinski definition) is 2. The van der Waals surface area contributed by atoms with Gasteiger partial charge in [0.1, 0.15) is 0 Å². The second kappa shape index (κ2) is 4.86. The minimum Gasteiger partial charge on any atom is -0.451 e. The number of hydrogen-bond donors (Lipinski definition) is 0. The molecule has 104 valence electrons. The van der Waals surface area contributed by atoms with Gasteiger partial charge in [0.2, 0.25) is 6.29 Å². The van der Waals surface area contributed by atoms with Crippen LogP contribution in [0.2, 0.25) is 0 Å². The molecule has 0 bridgehead atoms. The fourth-order valence-corrected chi connectivity index (χ4v) is 2.62. The van der Waals surface area contributed by atoms with Crippen LogP contribution in [0.5, 0.6) is 11.5 Å². The summed E-state index contributed by atoms with van der Waals surface area (Å²) in [7, 11) is 0. The summed E-state index contributed by atoms with van der Waals surface area (Å²) in [5.41, 5.74) is 2.51. The molecule has 2 nitrogen and oxygen atoms in total. The van der Waals surface area contributed by atoms with Crippen LogP contribution in [0.15, 0.2) is 48.5 Å². The maximum absolute atomic E-state index is 5.92. The third-order valence-corrected chi connectivity index (χ3v) is 3.85. The van der Waals surface area contributed by atoms with E-state index in [1.54, 1.807) is 0 Å². The summed E-state index contributed by atoms with van der Waals surface area (Å²) in [6.07, 6.45) is 0.618. The summed E-state index contributed by atoms with van der Waals surface area (Å²) in [5, 5.41) is 0. The number of fused-ring (bicyclic) bond motifs is 1. The zero-order chi connectivity index (χ0) is 14.2. The van der Waals surface area contributed by atoms with E-state index >= 15 is 0 Å². The molecule has 0 saturated carbocycles. The summed E-state index contributed by atoms with van der Waals surface area (Å²) in [5.74, 6) is 1.71. The third kappa shape index (κ3) is 2.51. The van der Waals surface area contributed by atoms with Crippen LogP contribution >= 0.6 is 0 Å². The van der Waals surface area contributed by atoms with Gasteiger partial charge >= 0.3 is 0 Å². The van der Waals surface area contributed by atoms with E-state index in [9.17, 15) is 0 Å². The molecule has 0 aromatic heterocycles. The molecule has 2 heteroatoms. The molecular weight excluding hydrogens is 248 g/mol. The van der Waals surface area contributed by atoms with Crippen LogP contribution in [0.3, 0.4) is 0 Å². The van der Waals surface area contributed by atoms with E-state index < -0.39 is 0 Å². The lowest BCUT2D eigenvalue weighted by Gasteiger charge is -2.27. The number of benzene rings is 2. The Balaban J connectivity index is 1.74. The van der Waals surface area contributed by atoms with E-state index in [0.29, 0.717) is 0 Å². The zero-order valence-electron chi connectivity index (χ0n) is 12.2. The molecule has 20 heavy (non-hydrogen) atoms. The highest BCUT2D eigenvalue weighted by Gasteiger charge is 2.32. The van der Waals surface area contributed by atoms with Crippen molar-refractivity contribution in [2.75, 3.05) is 0 Å². The Labute approximate surface area is 120 Å². The van der Waals surface area contributed by atoms with Gasteiger partial charge < -0.3 is 9.47 Å². The minimum absolute atomic E-state index is 0.0169. The van der Waals surface area contributed by atoms with E-state index in [0.717, 1.165) is 17.9 Å². The average molecular weight is 268 g/mol. The molecule has 2 aromatic rings. The molecule has 3 rings (SSSR count). The van der Waals surface area contributed by atoms with E-state index in [4.69, 9.17) is 9.47 Å². The molecule has 0 spiro atoms. The van der Waals surface area contributed by atoms with Gasteiger partial charge in [-0.05, 0) is 35.6 Å². The Morgan fingerprint density at radius 2 is 1.65 bits per heavy atom. The monoisotopic (exact) mass is 268 g/mol. The van der Waals surface area contributed by atoms with Crippen LogP contribution in [0.25, 0.3) is 0 Å². The van der Waals surface area contributed by atoms with Crippen molar-refractivity contribution in [3.8, 4) is 11.5 Å². The van der Waals surface area contributed by atoms with Crippen molar-refractivity contribution in [2.45, 2.75) is 38.9 Å². The quantitative estimate of drug-likeness (QED) is 0.818. The molecular formula is C18H20O2. The fraction of sp³-hybridized carbons (Fsp3) is 0.333. The van der Waals surface area contributed by atoms with E-state index in [1.807, 2.05) is 24.3 Å². The van der Waals surface area contributed by atoms with Crippen molar-refractivity contribution < 1.29 is 9.47 Å². The normalized spacial score (nSPS) is 17.2. The van der Waals surface area contributed by atoms with Gasteiger partial charge in [-0.1, -0.05) is 50.2 Å². The Hall–Kier alpha value is -1.96. The lowest BCUT2D eigenvalue weighted by Crippen LogP contribution is -2.29. The smallest absolute Gasteiger partial charge is 0.242 e. The molecule has 0 saturated heterocycles. The van der Waals surface area contributed by atoms with Crippen LogP contribution < -0.4 is 9.47 Å². The maximum atomic E-state index is 5.92. The predicted molar refractivity (Wildman–Crippen MR) is 80.3 cm³/mol. The maximum Gasteiger partial charge on any atom is 0.242 e. The van der Waals surface area contributed by atoms with Gasteiger partial charge in [-0.15, -0.1) is 0 Å². The number of aryl methyl sites for hydroxylation is 1. The second-order valence-electron chi connectivity index (χ2n) is 6.07. The molecule has 0 N–H and O–H groups in total. The number of rotatable bonds is 3. The highest BCUT2D eigenvalue weighted by Crippen LogP contribution is 2.39. The van der Waals surface area contributed by atoms with Gasteiger partial charge in [-0.3, -0.25) is 0 Å². The molecule has 0 fully saturated rings. The summed E-state index contributed by atoms with van der Waals surface area (Å²) >= 11 is 0. The lowest BCUT2D eigenvalue weighted by atomic mass is 9.81. The molecule has 1 unspecified atom stereocenters. The van der Waals surface area contributed by atoms with Gasteiger partial charge in [-0.25, -0.2) is 0 Å². The molecule has 1 aliphatic rings. The van der Waals surface area contributed by atoms with Crippen molar-refractivity contribution in [2.24, 2.45) is 0 Å². The van der Waals surface area contributed by atoms with E-state index in [1.165, 1.54) is 11.1 Å². The molecule has 0 aliphatic carbocycles.